The second-order valence-electron chi connectivity index (χ2n) is 6.63. The molecule has 0 atom stereocenters. The van der Waals surface area contributed by atoms with Gasteiger partial charge >= 0.3 is 0 Å². The Balaban J connectivity index is 1.50. The van der Waals surface area contributed by atoms with Crippen LogP contribution >= 0.6 is 12.2 Å². The van der Waals surface area contributed by atoms with Crippen LogP contribution in [0.4, 0.5) is 5.69 Å². The molecule has 0 saturated carbocycles. The van der Waals surface area contributed by atoms with Crippen LogP contribution in [0.3, 0.4) is 0 Å². The Kier molecular flexibility index (Phi) is 5.07. The molecule has 0 fully saturated rings. The van der Waals surface area contributed by atoms with E-state index in [9.17, 15) is 0 Å². The standard InChI is InChI=1S/C21H22N4S/c26-21(24-13-10-15-6-2-1-3-7-15)25-19-14-18-16(8-4-11-22-18)17-9-5-12-23-20(17)19/h4-6,8-9,11-12,14H,1-3,7,10,13H2,(H2,24,25,26). The molecule has 0 unspecified atom stereocenters. The summed E-state index contributed by atoms with van der Waals surface area (Å²) < 4.78 is 0. The second-order valence-corrected chi connectivity index (χ2v) is 7.04. The van der Waals surface area contributed by atoms with Gasteiger partial charge in [0.15, 0.2) is 5.11 Å². The van der Waals surface area contributed by atoms with Crippen molar-refractivity contribution in [2.24, 2.45) is 0 Å². The fraction of sp³-hybridized carbons (Fsp3) is 0.286. The van der Waals surface area contributed by atoms with E-state index in [2.05, 4.69) is 38.8 Å². The third-order valence-electron chi connectivity index (χ3n) is 4.84. The Bertz CT molecular complexity index is 980. The van der Waals surface area contributed by atoms with Gasteiger partial charge in [0.1, 0.15) is 0 Å². The molecule has 0 aliphatic heterocycles. The summed E-state index contributed by atoms with van der Waals surface area (Å²) in [7, 11) is 0. The molecule has 0 radical (unpaired) electrons. The number of fused-ring (bicyclic) bond motifs is 3. The fourth-order valence-electron chi connectivity index (χ4n) is 3.53. The van der Waals surface area contributed by atoms with Crippen LogP contribution in [0.1, 0.15) is 32.1 Å². The number of nitrogens with one attached hydrogen (secondary N) is 2. The predicted octanol–water partition coefficient (Wildman–Crippen LogP) is 4.96. The molecule has 2 heterocycles. The Labute approximate surface area is 158 Å². The Morgan fingerprint density at radius 3 is 2.77 bits per heavy atom. The molecule has 1 aromatic carbocycles. The van der Waals surface area contributed by atoms with Crippen LogP contribution < -0.4 is 10.6 Å². The summed E-state index contributed by atoms with van der Waals surface area (Å²) in [6.07, 6.45) is 12.1. The van der Waals surface area contributed by atoms with Gasteiger partial charge in [0, 0.05) is 29.7 Å². The highest BCUT2D eigenvalue weighted by Gasteiger charge is 2.09. The van der Waals surface area contributed by atoms with Gasteiger partial charge in [-0.2, -0.15) is 0 Å². The monoisotopic (exact) mass is 362 g/mol. The summed E-state index contributed by atoms with van der Waals surface area (Å²) >= 11 is 5.50. The van der Waals surface area contributed by atoms with Crippen molar-refractivity contribution in [3.05, 3.63) is 54.4 Å². The Morgan fingerprint density at radius 1 is 1.08 bits per heavy atom. The van der Waals surface area contributed by atoms with Gasteiger partial charge < -0.3 is 10.6 Å². The third kappa shape index (κ3) is 3.68. The van der Waals surface area contributed by atoms with Crippen molar-refractivity contribution in [1.82, 2.24) is 15.3 Å². The molecule has 0 spiro atoms. The summed E-state index contributed by atoms with van der Waals surface area (Å²) in [5.41, 5.74) is 4.28. The van der Waals surface area contributed by atoms with Crippen LogP contribution in [0.15, 0.2) is 54.4 Å². The van der Waals surface area contributed by atoms with Crippen LogP contribution in [-0.4, -0.2) is 21.6 Å². The van der Waals surface area contributed by atoms with Crippen LogP contribution in [-0.2, 0) is 0 Å². The van der Waals surface area contributed by atoms with Crippen molar-refractivity contribution in [2.75, 3.05) is 11.9 Å². The third-order valence-corrected chi connectivity index (χ3v) is 5.08. The van der Waals surface area contributed by atoms with E-state index in [-0.39, 0.29) is 0 Å². The molecule has 2 N–H and O–H groups in total. The topological polar surface area (TPSA) is 49.8 Å². The van der Waals surface area contributed by atoms with E-state index in [0.29, 0.717) is 5.11 Å². The maximum atomic E-state index is 5.50. The zero-order valence-electron chi connectivity index (χ0n) is 14.7. The first-order valence-corrected chi connectivity index (χ1v) is 9.57. The number of rotatable bonds is 4. The molecule has 132 valence electrons. The lowest BCUT2D eigenvalue weighted by molar-refractivity contribution is 0.669. The first-order chi connectivity index (χ1) is 12.8. The van der Waals surface area contributed by atoms with Gasteiger partial charge in [0.05, 0.1) is 16.7 Å². The highest BCUT2D eigenvalue weighted by Crippen LogP contribution is 2.29. The Morgan fingerprint density at radius 2 is 1.92 bits per heavy atom. The number of thiocarbonyl (C=S) groups is 1. The lowest BCUT2D eigenvalue weighted by atomic mass is 9.97. The lowest BCUT2D eigenvalue weighted by Gasteiger charge is -2.15. The first-order valence-electron chi connectivity index (χ1n) is 9.16. The number of hydrogen-bond acceptors (Lipinski definition) is 3. The minimum Gasteiger partial charge on any atom is -0.362 e. The fourth-order valence-corrected chi connectivity index (χ4v) is 3.74. The van der Waals surface area contributed by atoms with Crippen LogP contribution in [0.5, 0.6) is 0 Å². The highest BCUT2D eigenvalue weighted by molar-refractivity contribution is 7.80. The first kappa shape index (κ1) is 16.9. The molecular formula is C21H22N4S. The van der Waals surface area contributed by atoms with Crippen molar-refractivity contribution < 1.29 is 0 Å². The maximum Gasteiger partial charge on any atom is 0.170 e. The van der Waals surface area contributed by atoms with Crippen molar-refractivity contribution in [1.29, 1.82) is 0 Å². The number of aromatic nitrogens is 2. The molecule has 0 amide bonds. The van der Waals surface area contributed by atoms with E-state index < -0.39 is 0 Å². The van der Waals surface area contributed by atoms with Crippen molar-refractivity contribution in [3.63, 3.8) is 0 Å². The number of allylic oxidation sites excluding steroid dienone is 1. The SMILES string of the molecule is S=C(NCCC1=CCCCC1)Nc1cc2ncccc2c2cccnc12. The zero-order chi connectivity index (χ0) is 17.8. The molecule has 2 aromatic heterocycles. The van der Waals surface area contributed by atoms with Gasteiger partial charge in [-0.15, -0.1) is 0 Å². The molecule has 0 saturated heterocycles. The molecule has 5 heteroatoms. The van der Waals surface area contributed by atoms with Gasteiger partial charge in [-0.3, -0.25) is 9.97 Å². The summed E-state index contributed by atoms with van der Waals surface area (Å²) in [5.74, 6) is 0. The van der Waals surface area contributed by atoms with Crippen LogP contribution in [0, 0.1) is 0 Å². The van der Waals surface area contributed by atoms with Crippen molar-refractivity contribution in [3.8, 4) is 0 Å². The van der Waals surface area contributed by atoms with E-state index in [1.807, 2.05) is 30.6 Å². The largest absolute Gasteiger partial charge is 0.362 e. The maximum absolute atomic E-state index is 5.50. The average molecular weight is 363 g/mol. The number of pyridine rings is 2. The summed E-state index contributed by atoms with van der Waals surface area (Å²) in [6.45, 7) is 0.856. The van der Waals surface area contributed by atoms with E-state index >= 15 is 0 Å². The van der Waals surface area contributed by atoms with Gasteiger partial charge in [0.25, 0.3) is 0 Å². The second kappa shape index (κ2) is 7.79. The molecule has 3 aromatic rings. The number of nitrogens with zero attached hydrogens (tertiary/aromatic N) is 2. The molecule has 4 rings (SSSR count). The van der Waals surface area contributed by atoms with Gasteiger partial charge in [-0.1, -0.05) is 23.8 Å². The molecule has 26 heavy (non-hydrogen) atoms. The van der Waals surface area contributed by atoms with Crippen molar-refractivity contribution >= 4 is 44.8 Å². The van der Waals surface area contributed by atoms with Gasteiger partial charge in [-0.05, 0) is 62.5 Å². The zero-order valence-corrected chi connectivity index (χ0v) is 15.5. The minimum atomic E-state index is 0.628. The quantitative estimate of drug-likeness (QED) is 0.390. The predicted molar refractivity (Wildman–Crippen MR) is 112 cm³/mol. The molecule has 1 aliphatic rings. The summed E-state index contributed by atoms with van der Waals surface area (Å²) in [5, 5.41) is 9.44. The Hall–Kier alpha value is -2.53. The average Bonchev–Trinajstić information content (AvgIpc) is 2.69. The number of hydrogen-bond donors (Lipinski definition) is 2. The number of benzene rings is 1. The lowest BCUT2D eigenvalue weighted by Crippen LogP contribution is -2.29. The molecule has 4 nitrogen and oxygen atoms in total. The smallest absolute Gasteiger partial charge is 0.170 e. The summed E-state index contributed by atoms with van der Waals surface area (Å²) in [4.78, 5) is 9.03. The minimum absolute atomic E-state index is 0.628. The van der Waals surface area contributed by atoms with Crippen molar-refractivity contribution in [2.45, 2.75) is 32.1 Å². The van der Waals surface area contributed by atoms with Gasteiger partial charge in [0.2, 0.25) is 0 Å². The molecule has 1 aliphatic carbocycles. The normalized spacial score (nSPS) is 14.2. The van der Waals surface area contributed by atoms with E-state index in [0.717, 1.165) is 40.5 Å². The molecular weight excluding hydrogens is 340 g/mol. The van der Waals surface area contributed by atoms with E-state index in [4.69, 9.17) is 12.2 Å². The summed E-state index contributed by atoms with van der Waals surface area (Å²) in [6, 6.07) is 10.1. The van der Waals surface area contributed by atoms with E-state index in [1.165, 1.54) is 25.7 Å². The van der Waals surface area contributed by atoms with Gasteiger partial charge in [-0.25, -0.2) is 0 Å². The highest BCUT2D eigenvalue weighted by atomic mass is 32.1. The van der Waals surface area contributed by atoms with Crippen LogP contribution in [0.25, 0.3) is 21.8 Å². The van der Waals surface area contributed by atoms with E-state index in [1.54, 1.807) is 5.57 Å². The number of anilines is 1. The van der Waals surface area contributed by atoms with Crippen LogP contribution in [0.2, 0.25) is 0 Å². The molecule has 0 bridgehead atoms.